The second-order valence-electron chi connectivity index (χ2n) is 6.52. The van der Waals surface area contributed by atoms with Gasteiger partial charge in [0.1, 0.15) is 5.41 Å². The van der Waals surface area contributed by atoms with Gasteiger partial charge in [-0.05, 0) is 31.2 Å². The van der Waals surface area contributed by atoms with Crippen molar-refractivity contribution < 1.29 is 9.59 Å². The fourth-order valence-corrected chi connectivity index (χ4v) is 3.10. The Morgan fingerprint density at radius 1 is 1.00 bits per heavy atom. The molecule has 126 valence electrons. The zero-order valence-electron chi connectivity index (χ0n) is 14.5. The Labute approximate surface area is 139 Å². The van der Waals surface area contributed by atoms with Crippen LogP contribution in [0.1, 0.15) is 45.1 Å². The van der Waals surface area contributed by atoms with Gasteiger partial charge in [0.2, 0.25) is 11.8 Å². The highest BCUT2D eigenvalue weighted by Gasteiger charge is 2.58. The van der Waals surface area contributed by atoms with Gasteiger partial charge in [-0.15, -0.1) is 0 Å². The minimum atomic E-state index is -0.784. The van der Waals surface area contributed by atoms with E-state index < -0.39 is 5.41 Å². The standard InChI is InChI=1S/C19H28N2O2/c1-4-13-21(14-5-2)18(23)19(11-12-19)17(22)20(3)15-16-9-7-6-8-10-16/h6-10H,4-5,11-15H2,1-3H3. The van der Waals surface area contributed by atoms with E-state index in [1.807, 2.05) is 35.2 Å². The van der Waals surface area contributed by atoms with Crippen LogP contribution in [0, 0.1) is 5.41 Å². The molecule has 0 heterocycles. The highest BCUT2D eigenvalue weighted by molar-refractivity contribution is 6.07. The number of hydrogen-bond donors (Lipinski definition) is 0. The van der Waals surface area contributed by atoms with E-state index in [-0.39, 0.29) is 11.8 Å². The average molecular weight is 316 g/mol. The molecule has 1 saturated carbocycles. The molecule has 0 atom stereocenters. The number of nitrogens with zero attached hydrogens (tertiary/aromatic N) is 2. The number of benzene rings is 1. The van der Waals surface area contributed by atoms with Gasteiger partial charge in [-0.2, -0.15) is 0 Å². The second-order valence-corrected chi connectivity index (χ2v) is 6.52. The van der Waals surface area contributed by atoms with E-state index in [0.717, 1.165) is 31.5 Å². The van der Waals surface area contributed by atoms with Crippen molar-refractivity contribution >= 4 is 11.8 Å². The molecule has 0 spiro atoms. The van der Waals surface area contributed by atoms with Crippen molar-refractivity contribution in [2.75, 3.05) is 20.1 Å². The van der Waals surface area contributed by atoms with Crippen molar-refractivity contribution in [1.82, 2.24) is 9.80 Å². The lowest BCUT2D eigenvalue weighted by Crippen LogP contribution is -2.46. The van der Waals surface area contributed by atoms with Crippen LogP contribution in [-0.4, -0.2) is 41.8 Å². The van der Waals surface area contributed by atoms with Crippen LogP contribution in [0.2, 0.25) is 0 Å². The smallest absolute Gasteiger partial charge is 0.238 e. The molecule has 1 aromatic carbocycles. The quantitative estimate of drug-likeness (QED) is 0.692. The lowest BCUT2D eigenvalue weighted by Gasteiger charge is -2.29. The molecule has 4 heteroatoms. The molecule has 23 heavy (non-hydrogen) atoms. The minimum Gasteiger partial charge on any atom is -0.342 e. The molecular weight excluding hydrogens is 288 g/mol. The van der Waals surface area contributed by atoms with Gasteiger partial charge in [-0.25, -0.2) is 0 Å². The first-order chi connectivity index (χ1) is 11.0. The Kier molecular flexibility index (Phi) is 5.80. The van der Waals surface area contributed by atoms with Gasteiger partial charge in [0.25, 0.3) is 0 Å². The molecule has 1 aliphatic carbocycles. The van der Waals surface area contributed by atoms with Gasteiger partial charge >= 0.3 is 0 Å². The monoisotopic (exact) mass is 316 g/mol. The minimum absolute atomic E-state index is 0.0245. The molecule has 1 aliphatic rings. The van der Waals surface area contributed by atoms with E-state index in [0.29, 0.717) is 19.4 Å². The third-order valence-electron chi connectivity index (χ3n) is 4.45. The fourth-order valence-electron chi connectivity index (χ4n) is 3.10. The third kappa shape index (κ3) is 3.92. The van der Waals surface area contributed by atoms with Gasteiger partial charge in [0, 0.05) is 26.7 Å². The highest BCUT2D eigenvalue weighted by Crippen LogP contribution is 2.49. The van der Waals surface area contributed by atoms with Crippen molar-refractivity contribution in [3.8, 4) is 0 Å². The molecule has 1 aromatic rings. The Bertz CT molecular complexity index is 532. The molecule has 0 aliphatic heterocycles. The van der Waals surface area contributed by atoms with E-state index in [4.69, 9.17) is 0 Å². The summed E-state index contributed by atoms with van der Waals surface area (Å²) in [5, 5.41) is 0. The Morgan fingerprint density at radius 2 is 1.57 bits per heavy atom. The zero-order chi connectivity index (χ0) is 16.9. The molecule has 0 radical (unpaired) electrons. The van der Waals surface area contributed by atoms with Crippen LogP contribution in [0.4, 0.5) is 0 Å². The predicted octanol–water partition coefficient (Wildman–Crippen LogP) is 3.07. The normalized spacial score (nSPS) is 15.1. The van der Waals surface area contributed by atoms with Gasteiger partial charge in [-0.3, -0.25) is 9.59 Å². The molecule has 2 rings (SSSR count). The first-order valence-corrected chi connectivity index (χ1v) is 8.64. The summed E-state index contributed by atoms with van der Waals surface area (Å²) in [5.74, 6) is 0.00895. The molecule has 0 saturated heterocycles. The maximum atomic E-state index is 12.9. The van der Waals surface area contributed by atoms with E-state index in [2.05, 4.69) is 13.8 Å². The number of amides is 2. The number of hydrogen-bond acceptors (Lipinski definition) is 2. The molecule has 0 unspecified atom stereocenters. The van der Waals surface area contributed by atoms with Crippen LogP contribution in [0.3, 0.4) is 0 Å². The SMILES string of the molecule is CCCN(CCC)C(=O)C1(C(=O)N(C)Cc2ccccc2)CC1. The summed E-state index contributed by atoms with van der Waals surface area (Å²) in [7, 11) is 1.80. The van der Waals surface area contributed by atoms with Crippen LogP contribution in [0.25, 0.3) is 0 Å². The van der Waals surface area contributed by atoms with Crippen LogP contribution in [0.5, 0.6) is 0 Å². The van der Waals surface area contributed by atoms with Crippen molar-refractivity contribution in [1.29, 1.82) is 0 Å². The first kappa shape index (κ1) is 17.5. The van der Waals surface area contributed by atoms with Crippen LogP contribution < -0.4 is 0 Å². The number of carbonyl (C=O) groups is 2. The summed E-state index contributed by atoms with van der Waals surface area (Å²) in [6.45, 7) is 6.17. The summed E-state index contributed by atoms with van der Waals surface area (Å²) in [5.41, 5.74) is 0.305. The van der Waals surface area contributed by atoms with Crippen LogP contribution >= 0.6 is 0 Å². The molecule has 0 N–H and O–H groups in total. The lowest BCUT2D eigenvalue weighted by atomic mass is 10.0. The van der Waals surface area contributed by atoms with E-state index in [1.54, 1.807) is 11.9 Å². The second kappa shape index (κ2) is 7.62. The molecule has 0 aromatic heterocycles. The maximum Gasteiger partial charge on any atom is 0.238 e. The summed E-state index contributed by atoms with van der Waals surface area (Å²) < 4.78 is 0. The molecule has 4 nitrogen and oxygen atoms in total. The Hall–Kier alpha value is -1.84. The van der Waals surface area contributed by atoms with Gasteiger partial charge in [0.05, 0.1) is 0 Å². The predicted molar refractivity (Wildman–Crippen MR) is 91.7 cm³/mol. The summed E-state index contributed by atoms with van der Waals surface area (Å²) in [4.78, 5) is 29.3. The van der Waals surface area contributed by atoms with E-state index in [9.17, 15) is 9.59 Å². The van der Waals surface area contributed by atoms with Crippen LogP contribution in [-0.2, 0) is 16.1 Å². The lowest BCUT2D eigenvalue weighted by molar-refractivity contribution is -0.149. The van der Waals surface area contributed by atoms with Gasteiger partial charge in [-0.1, -0.05) is 44.2 Å². The van der Waals surface area contributed by atoms with Crippen molar-refractivity contribution in [2.24, 2.45) is 5.41 Å². The largest absolute Gasteiger partial charge is 0.342 e. The Balaban J connectivity index is 2.06. The Morgan fingerprint density at radius 3 is 2.04 bits per heavy atom. The van der Waals surface area contributed by atoms with E-state index >= 15 is 0 Å². The zero-order valence-corrected chi connectivity index (χ0v) is 14.5. The topological polar surface area (TPSA) is 40.6 Å². The van der Waals surface area contributed by atoms with Crippen LogP contribution in [0.15, 0.2) is 30.3 Å². The molecule has 1 fully saturated rings. The molecular formula is C19H28N2O2. The summed E-state index contributed by atoms with van der Waals surface area (Å²) >= 11 is 0. The highest BCUT2D eigenvalue weighted by atomic mass is 16.2. The summed E-state index contributed by atoms with van der Waals surface area (Å²) in [6.07, 6.45) is 3.23. The van der Waals surface area contributed by atoms with Gasteiger partial charge in [0.15, 0.2) is 0 Å². The average Bonchev–Trinajstić information content (AvgIpc) is 3.36. The molecule has 2 amide bonds. The van der Waals surface area contributed by atoms with Crippen molar-refractivity contribution in [3.05, 3.63) is 35.9 Å². The fraction of sp³-hybridized carbons (Fsp3) is 0.579. The summed E-state index contributed by atoms with van der Waals surface area (Å²) in [6, 6.07) is 9.91. The van der Waals surface area contributed by atoms with Gasteiger partial charge < -0.3 is 9.80 Å². The number of carbonyl (C=O) groups excluding carboxylic acids is 2. The van der Waals surface area contributed by atoms with Crippen molar-refractivity contribution in [3.63, 3.8) is 0 Å². The third-order valence-corrected chi connectivity index (χ3v) is 4.45. The first-order valence-electron chi connectivity index (χ1n) is 8.64. The number of rotatable bonds is 8. The maximum absolute atomic E-state index is 12.9. The van der Waals surface area contributed by atoms with Crippen molar-refractivity contribution in [2.45, 2.75) is 46.1 Å². The van der Waals surface area contributed by atoms with E-state index in [1.165, 1.54) is 0 Å². The molecule has 0 bridgehead atoms.